The zero-order valence-electron chi connectivity index (χ0n) is 11.1. The monoisotopic (exact) mass is 297 g/mol. The van der Waals surface area contributed by atoms with E-state index in [1.807, 2.05) is 0 Å². The number of benzene rings is 1. The van der Waals surface area contributed by atoms with E-state index in [-0.39, 0.29) is 17.9 Å². The molecule has 10 nitrogen and oxygen atoms in total. The number of hydrogen-bond donors (Lipinski definition) is 1. The Kier molecular flexibility index (Phi) is 4.89. The van der Waals surface area contributed by atoms with Crippen LogP contribution in [0.1, 0.15) is 17.3 Å². The number of carbonyl (C=O) groups excluding carboxylic acids is 2. The third-order valence-electron chi connectivity index (χ3n) is 2.43. The molecular formula is C11H11N3O7. The maximum atomic E-state index is 11.4. The van der Waals surface area contributed by atoms with E-state index in [0.717, 1.165) is 19.2 Å². The maximum Gasteiger partial charge on any atom is 0.338 e. The van der Waals surface area contributed by atoms with Crippen LogP contribution in [-0.2, 0) is 9.53 Å². The first kappa shape index (κ1) is 16.0. The summed E-state index contributed by atoms with van der Waals surface area (Å²) in [6.07, 6.45) is 0. The van der Waals surface area contributed by atoms with Crippen LogP contribution in [0.5, 0.6) is 0 Å². The zero-order chi connectivity index (χ0) is 16.2. The van der Waals surface area contributed by atoms with Gasteiger partial charge in [-0.2, -0.15) is 0 Å². The van der Waals surface area contributed by atoms with Gasteiger partial charge in [0, 0.05) is 12.1 Å². The minimum absolute atomic E-state index is 0.320. The molecule has 112 valence electrons. The molecule has 0 fully saturated rings. The van der Waals surface area contributed by atoms with Gasteiger partial charge in [-0.3, -0.25) is 25.0 Å². The lowest BCUT2D eigenvalue weighted by Crippen LogP contribution is -2.14. The van der Waals surface area contributed by atoms with Crippen molar-refractivity contribution in [2.45, 2.75) is 6.92 Å². The number of Topliss-reactive ketones (excluding diaryl/α,β-unsaturated/α-hetero) is 1. The molecule has 0 unspecified atom stereocenters. The molecule has 0 bridgehead atoms. The van der Waals surface area contributed by atoms with E-state index in [4.69, 9.17) is 0 Å². The normalized spacial score (nSPS) is 9.81. The van der Waals surface area contributed by atoms with Crippen molar-refractivity contribution in [1.82, 2.24) is 0 Å². The van der Waals surface area contributed by atoms with Gasteiger partial charge in [0.15, 0.2) is 5.69 Å². The fourth-order valence-electron chi connectivity index (χ4n) is 1.53. The van der Waals surface area contributed by atoms with Crippen LogP contribution in [0.4, 0.5) is 17.1 Å². The predicted molar refractivity (Wildman–Crippen MR) is 70.3 cm³/mol. The van der Waals surface area contributed by atoms with Crippen LogP contribution in [0.3, 0.4) is 0 Å². The van der Waals surface area contributed by atoms with Gasteiger partial charge in [0.1, 0.15) is 5.78 Å². The minimum Gasteiger partial charge on any atom is -0.465 e. The second kappa shape index (κ2) is 6.41. The zero-order valence-corrected chi connectivity index (χ0v) is 11.1. The van der Waals surface area contributed by atoms with Gasteiger partial charge in [0.2, 0.25) is 0 Å². The first-order valence-electron chi connectivity index (χ1n) is 5.56. The quantitative estimate of drug-likeness (QED) is 0.470. The Balaban J connectivity index is 3.50. The van der Waals surface area contributed by atoms with E-state index in [2.05, 4.69) is 10.1 Å². The maximum absolute atomic E-state index is 11.4. The lowest BCUT2D eigenvalue weighted by atomic mass is 10.1. The Morgan fingerprint density at radius 1 is 1.19 bits per heavy atom. The molecule has 0 radical (unpaired) electrons. The number of nitro groups is 2. The summed E-state index contributed by atoms with van der Waals surface area (Å²) in [4.78, 5) is 42.6. The molecule has 0 atom stereocenters. The molecule has 0 spiro atoms. The van der Waals surface area contributed by atoms with Gasteiger partial charge in [-0.25, -0.2) is 4.79 Å². The van der Waals surface area contributed by atoms with Crippen molar-refractivity contribution in [1.29, 1.82) is 0 Å². The number of nitrogens with zero attached hydrogens (tertiary/aromatic N) is 2. The van der Waals surface area contributed by atoms with E-state index in [0.29, 0.717) is 0 Å². The van der Waals surface area contributed by atoms with Gasteiger partial charge < -0.3 is 10.1 Å². The second-order valence-corrected chi connectivity index (χ2v) is 3.95. The molecule has 0 aliphatic carbocycles. The van der Waals surface area contributed by atoms with Gasteiger partial charge in [-0.05, 0) is 6.92 Å². The van der Waals surface area contributed by atoms with Crippen LogP contribution in [-0.4, -0.2) is 35.3 Å². The first-order chi connectivity index (χ1) is 9.77. The molecule has 0 amide bonds. The van der Waals surface area contributed by atoms with Gasteiger partial charge in [0.05, 0.1) is 29.1 Å². The Labute approximate surface area is 118 Å². The molecule has 10 heteroatoms. The van der Waals surface area contributed by atoms with E-state index in [1.54, 1.807) is 0 Å². The molecule has 0 aliphatic rings. The molecule has 1 rings (SSSR count). The van der Waals surface area contributed by atoms with E-state index in [1.165, 1.54) is 6.92 Å². The Hall–Kier alpha value is -3.04. The number of methoxy groups -OCH3 is 1. The summed E-state index contributed by atoms with van der Waals surface area (Å²) in [7, 11) is 1.04. The second-order valence-electron chi connectivity index (χ2n) is 3.95. The van der Waals surface area contributed by atoms with Gasteiger partial charge in [-0.1, -0.05) is 0 Å². The molecule has 0 aromatic heterocycles. The Morgan fingerprint density at radius 3 is 2.00 bits per heavy atom. The molecule has 1 aromatic carbocycles. The van der Waals surface area contributed by atoms with Crippen molar-refractivity contribution in [3.05, 3.63) is 37.9 Å². The number of nitrogens with one attached hydrogen (secondary N) is 1. The third-order valence-corrected chi connectivity index (χ3v) is 2.43. The molecule has 1 aromatic rings. The summed E-state index contributed by atoms with van der Waals surface area (Å²) in [5.74, 6) is -1.31. The largest absolute Gasteiger partial charge is 0.465 e. The van der Waals surface area contributed by atoms with Gasteiger partial charge in [0.25, 0.3) is 11.4 Å². The summed E-state index contributed by atoms with van der Waals surface area (Å²) in [5.41, 5.74) is -2.14. The smallest absolute Gasteiger partial charge is 0.338 e. The van der Waals surface area contributed by atoms with Crippen molar-refractivity contribution in [3.8, 4) is 0 Å². The molecular weight excluding hydrogens is 286 g/mol. The molecule has 0 aliphatic heterocycles. The average molecular weight is 297 g/mol. The van der Waals surface area contributed by atoms with E-state index >= 15 is 0 Å². The fraction of sp³-hybridized carbons (Fsp3) is 0.273. The summed E-state index contributed by atoms with van der Waals surface area (Å²) in [5, 5.41) is 24.4. The van der Waals surface area contributed by atoms with E-state index < -0.39 is 32.9 Å². The highest BCUT2D eigenvalue weighted by Gasteiger charge is 2.28. The van der Waals surface area contributed by atoms with Crippen molar-refractivity contribution in [3.63, 3.8) is 0 Å². The van der Waals surface area contributed by atoms with Crippen molar-refractivity contribution in [2.75, 3.05) is 19.0 Å². The first-order valence-corrected chi connectivity index (χ1v) is 5.56. The molecule has 0 heterocycles. The summed E-state index contributed by atoms with van der Waals surface area (Å²) in [6.45, 7) is 0.896. The number of nitro benzene ring substituents is 2. The fourth-order valence-corrected chi connectivity index (χ4v) is 1.53. The number of hydrogen-bond acceptors (Lipinski definition) is 8. The molecule has 1 N–H and O–H groups in total. The summed E-state index contributed by atoms with van der Waals surface area (Å²) in [6, 6.07) is 1.70. The van der Waals surface area contributed by atoms with Crippen LogP contribution in [0.25, 0.3) is 0 Å². The van der Waals surface area contributed by atoms with Crippen molar-refractivity contribution in [2.24, 2.45) is 0 Å². The number of ether oxygens (including phenoxy) is 1. The Bertz CT molecular complexity index is 591. The van der Waals surface area contributed by atoms with Crippen LogP contribution in [0.2, 0.25) is 0 Å². The summed E-state index contributed by atoms with van der Waals surface area (Å²) < 4.78 is 4.39. The SMILES string of the molecule is COC(=O)c1cc([N+](=O)[O-])c(NCC(C)=O)c([N+](=O)[O-])c1. The highest BCUT2D eigenvalue weighted by molar-refractivity contribution is 5.94. The highest BCUT2D eigenvalue weighted by atomic mass is 16.6. The third kappa shape index (κ3) is 3.72. The molecule has 0 saturated carbocycles. The number of ketones is 1. The van der Waals surface area contributed by atoms with E-state index in [9.17, 15) is 29.8 Å². The van der Waals surface area contributed by atoms with Crippen LogP contribution < -0.4 is 5.32 Å². The van der Waals surface area contributed by atoms with Crippen LogP contribution in [0, 0.1) is 20.2 Å². The number of rotatable bonds is 6. The minimum atomic E-state index is -0.945. The Morgan fingerprint density at radius 2 is 1.67 bits per heavy atom. The predicted octanol–water partition coefficient (Wildman–Crippen LogP) is 1.29. The topological polar surface area (TPSA) is 142 Å². The van der Waals surface area contributed by atoms with Gasteiger partial charge in [-0.15, -0.1) is 0 Å². The van der Waals surface area contributed by atoms with Crippen LogP contribution in [0.15, 0.2) is 12.1 Å². The average Bonchev–Trinajstić information content (AvgIpc) is 2.42. The number of anilines is 1. The number of esters is 1. The van der Waals surface area contributed by atoms with Crippen molar-refractivity contribution < 1.29 is 24.2 Å². The van der Waals surface area contributed by atoms with Gasteiger partial charge >= 0.3 is 5.97 Å². The lowest BCUT2D eigenvalue weighted by molar-refractivity contribution is -0.392. The molecule has 0 saturated heterocycles. The summed E-state index contributed by atoms with van der Waals surface area (Å²) >= 11 is 0. The lowest BCUT2D eigenvalue weighted by Gasteiger charge is -2.08. The number of carbonyl (C=O) groups is 2. The molecule has 21 heavy (non-hydrogen) atoms. The van der Waals surface area contributed by atoms with Crippen LogP contribution >= 0.6 is 0 Å². The highest BCUT2D eigenvalue weighted by Crippen LogP contribution is 2.35. The van der Waals surface area contributed by atoms with Crippen molar-refractivity contribution >= 4 is 28.8 Å². The standard InChI is InChI=1S/C11H11N3O7/c1-6(15)5-12-10-8(13(17)18)3-7(11(16)21-2)4-9(10)14(19)20/h3-4,12H,5H2,1-2H3.